The lowest BCUT2D eigenvalue weighted by atomic mass is 10.1. The molecular weight excluding hydrogens is 148 g/mol. The Balaban J connectivity index is 2.72. The molecule has 0 fully saturated rings. The molecule has 1 aromatic carbocycles. The summed E-state index contributed by atoms with van der Waals surface area (Å²) in [6.07, 6.45) is 0. The van der Waals surface area contributed by atoms with Crippen LogP contribution in [0.1, 0.15) is 11.1 Å². The summed E-state index contributed by atoms with van der Waals surface area (Å²) in [7, 11) is 1.93. The summed E-state index contributed by atoms with van der Waals surface area (Å²) < 4.78 is 0. The van der Waals surface area contributed by atoms with E-state index in [0.29, 0.717) is 0 Å². The number of rotatable bonds is 3. The normalized spacial score (nSPS) is 9.92. The summed E-state index contributed by atoms with van der Waals surface area (Å²) in [4.78, 5) is 0. The fourth-order valence-electron chi connectivity index (χ4n) is 1.27. The second-order valence-corrected chi connectivity index (χ2v) is 3.08. The van der Waals surface area contributed by atoms with E-state index in [9.17, 15) is 0 Å². The summed E-state index contributed by atoms with van der Waals surface area (Å²) in [5.41, 5.74) is 3.78. The number of hydrogen-bond acceptors (Lipinski definition) is 2. The lowest BCUT2D eigenvalue weighted by molar-refractivity contribution is 0.874. The van der Waals surface area contributed by atoms with Gasteiger partial charge in [-0.15, -0.1) is 0 Å². The molecule has 2 nitrogen and oxygen atoms in total. The maximum atomic E-state index is 3.26. The zero-order valence-corrected chi connectivity index (χ0v) is 7.94. The molecule has 0 radical (unpaired) electrons. The van der Waals surface area contributed by atoms with Gasteiger partial charge in [0.05, 0.1) is 6.67 Å². The molecule has 1 rings (SSSR count). The van der Waals surface area contributed by atoms with Crippen LogP contribution in [0.3, 0.4) is 0 Å². The fourth-order valence-corrected chi connectivity index (χ4v) is 1.27. The Morgan fingerprint density at radius 2 is 1.67 bits per heavy atom. The molecule has 0 saturated carbocycles. The van der Waals surface area contributed by atoms with Crippen LogP contribution >= 0.6 is 0 Å². The number of benzene rings is 1. The first-order valence-corrected chi connectivity index (χ1v) is 4.19. The first-order valence-electron chi connectivity index (χ1n) is 4.19. The molecule has 2 N–H and O–H groups in total. The Kier molecular flexibility index (Phi) is 3.11. The molecular formula is C10H16N2. The smallest absolute Gasteiger partial charge is 0.0650 e. The largest absolute Gasteiger partial charge is 0.372 e. The van der Waals surface area contributed by atoms with Crippen LogP contribution in [0.15, 0.2) is 18.2 Å². The van der Waals surface area contributed by atoms with Gasteiger partial charge < -0.3 is 10.6 Å². The average molecular weight is 164 g/mol. The molecule has 0 spiro atoms. The Hall–Kier alpha value is -1.02. The van der Waals surface area contributed by atoms with E-state index in [-0.39, 0.29) is 0 Å². The van der Waals surface area contributed by atoms with Crippen molar-refractivity contribution >= 4 is 5.69 Å². The van der Waals surface area contributed by atoms with Crippen molar-refractivity contribution in [3.8, 4) is 0 Å². The summed E-state index contributed by atoms with van der Waals surface area (Å²) in [6.45, 7) is 5.03. The molecule has 0 bridgehead atoms. The Morgan fingerprint density at radius 1 is 1.08 bits per heavy atom. The van der Waals surface area contributed by atoms with E-state index < -0.39 is 0 Å². The third-order valence-electron chi connectivity index (χ3n) is 1.69. The van der Waals surface area contributed by atoms with Crippen molar-refractivity contribution in [2.24, 2.45) is 0 Å². The van der Waals surface area contributed by atoms with Gasteiger partial charge in [-0.1, -0.05) is 6.07 Å². The van der Waals surface area contributed by atoms with Gasteiger partial charge in [-0.2, -0.15) is 0 Å². The first kappa shape index (κ1) is 9.07. The fraction of sp³-hybridized carbons (Fsp3) is 0.400. The van der Waals surface area contributed by atoms with Crippen molar-refractivity contribution in [1.82, 2.24) is 5.32 Å². The lowest BCUT2D eigenvalue weighted by Crippen LogP contribution is -2.16. The molecule has 0 atom stereocenters. The van der Waals surface area contributed by atoms with Gasteiger partial charge in [-0.3, -0.25) is 0 Å². The van der Waals surface area contributed by atoms with E-state index in [1.54, 1.807) is 0 Å². The highest BCUT2D eigenvalue weighted by atomic mass is 15.0. The number of hydrogen-bond donors (Lipinski definition) is 2. The monoisotopic (exact) mass is 164 g/mol. The molecule has 0 aliphatic carbocycles. The predicted octanol–water partition coefficient (Wildman–Crippen LogP) is 1.89. The van der Waals surface area contributed by atoms with Gasteiger partial charge in [0, 0.05) is 5.69 Å². The molecule has 0 saturated heterocycles. The Labute approximate surface area is 74.0 Å². The molecule has 1 aromatic rings. The van der Waals surface area contributed by atoms with Crippen molar-refractivity contribution < 1.29 is 0 Å². The van der Waals surface area contributed by atoms with Crippen LogP contribution in [-0.2, 0) is 0 Å². The second kappa shape index (κ2) is 4.12. The standard InChI is InChI=1S/C10H16N2/c1-8-4-9(2)6-10(5-8)12-7-11-3/h4-6,11-12H,7H2,1-3H3. The molecule has 2 heteroatoms. The van der Waals surface area contributed by atoms with Gasteiger partial charge in [0.2, 0.25) is 0 Å². The topological polar surface area (TPSA) is 24.1 Å². The first-order chi connectivity index (χ1) is 5.72. The van der Waals surface area contributed by atoms with Gasteiger partial charge in [0.25, 0.3) is 0 Å². The zero-order chi connectivity index (χ0) is 8.97. The molecule has 0 heterocycles. The van der Waals surface area contributed by atoms with E-state index in [2.05, 4.69) is 42.7 Å². The minimum absolute atomic E-state index is 0.808. The van der Waals surface area contributed by atoms with Crippen molar-refractivity contribution in [2.75, 3.05) is 19.0 Å². The summed E-state index contributed by atoms with van der Waals surface area (Å²) in [5.74, 6) is 0. The van der Waals surface area contributed by atoms with E-state index in [1.165, 1.54) is 16.8 Å². The SMILES string of the molecule is CNCNc1cc(C)cc(C)c1. The second-order valence-electron chi connectivity index (χ2n) is 3.08. The van der Waals surface area contributed by atoms with Crippen molar-refractivity contribution in [3.05, 3.63) is 29.3 Å². The third-order valence-corrected chi connectivity index (χ3v) is 1.69. The van der Waals surface area contributed by atoms with Crippen LogP contribution in [0.4, 0.5) is 5.69 Å². The highest BCUT2D eigenvalue weighted by Crippen LogP contribution is 2.12. The van der Waals surface area contributed by atoms with Gasteiger partial charge in [0.1, 0.15) is 0 Å². The van der Waals surface area contributed by atoms with Crippen LogP contribution in [0.25, 0.3) is 0 Å². The molecule has 0 aliphatic heterocycles. The van der Waals surface area contributed by atoms with Crippen LogP contribution in [-0.4, -0.2) is 13.7 Å². The molecule has 66 valence electrons. The molecule has 0 aromatic heterocycles. The Morgan fingerprint density at radius 3 is 2.17 bits per heavy atom. The van der Waals surface area contributed by atoms with Crippen LogP contribution in [0.5, 0.6) is 0 Å². The van der Waals surface area contributed by atoms with E-state index in [4.69, 9.17) is 0 Å². The summed E-state index contributed by atoms with van der Waals surface area (Å²) in [6, 6.07) is 6.46. The van der Waals surface area contributed by atoms with Crippen LogP contribution < -0.4 is 10.6 Å². The minimum Gasteiger partial charge on any atom is -0.372 e. The van der Waals surface area contributed by atoms with Crippen molar-refractivity contribution in [2.45, 2.75) is 13.8 Å². The van der Waals surface area contributed by atoms with E-state index >= 15 is 0 Å². The van der Waals surface area contributed by atoms with Crippen molar-refractivity contribution in [1.29, 1.82) is 0 Å². The van der Waals surface area contributed by atoms with E-state index in [1.807, 2.05) is 7.05 Å². The van der Waals surface area contributed by atoms with Crippen molar-refractivity contribution in [3.63, 3.8) is 0 Å². The molecule has 0 amide bonds. The molecule has 12 heavy (non-hydrogen) atoms. The number of nitrogens with one attached hydrogen (secondary N) is 2. The van der Waals surface area contributed by atoms with Gasteiger partial charge in [0.15, 0.2) is 0 Å². The summed E-state index contributed by atoms with van der Waals surface area (Å²) in [5, 5.41) is 6.31. The Bertz CT molecular complexity index is 236. The predicted molar refractivity (Wildman–Crippen MR) is 53.5 cm³/mol. The maximum absolute atomic E-state index is 3.26. The molecule has 0 unspecified atom stereocenters. The number of anilines is 1. The van der Waals surface area contributed by atoms with E-state index in [0.717, 1.165) is 6.67 Å². The van der Waals surface area contributed by atoms with Crippen LogP contribution in [0, 0.1) is 13.8 Å². The summed E-state index contributed by atoms with van der Waals surface area (Å²) >= 11 is 0. The van der Waals surface area contributed by atoms with Crippen LogP contribution in [0.2, 0.25) is 0 Å². The molecule has 0 aliphatic rings. The lowest BCUT2D eigenvalue weighted by Gasteiger charge is -2.07. The third kappa shape index (κ3) is 2.55. The highest BCUT2D eigenvalue weighted by Gasteiger charge is 1.92. The quantitative estimate of drug-likeness (QED) is 0.667. The highest BCUT2D eigenvalue weighted by molar-refractivity contribution is 5.48. The van der Waals surface area contributed by atoms with Gasteiger partial charge >= 0.3 is 0 Å². The maximum Gasteiger partial charge on any atom is 0.0650 e. The number of aryl methyl sites for hydroxylation is 2. The van der Waals surface area contributed by atoms with Gasteiger partial charge in [-0.05, 0) is 44.2 Å². The average Bonchev–Trinajstić information content (AvgIpc) is 1.99. The van der Waals surface area contributed by atoms with Gasteiger partial charge in [-0.25, -0.2) is 0 Å². The minimum atomic E-state index is 0.808. The zero-order valence-electron chi connectivity index (χ0n) is 7.94.